The minimum absolute atomic E-state index is 0.00855. The molecule has 0 bridgehead atoms. The van der Waals surface area contributed by atoms with Gasteiger partial charge in [0.1, 0.15) is 5.76 Å². The van der Waals surface area contributed by atoms with Crippen molar-refractivity contribution in [3.63, 3.8) is 0 Å². The Kier molecular flexibility index (Phi) is 5.34. The third-order valence-corrected chi connectivity index (χ3v) is 6.34. The number of likely N-dealkylation sites (tertiary alicyclic amines) is 1. The zero-order valence-corrected chi connectivity index (χ0v) is 16.9. The Bertz CT molecular complexity index is 802. The van der Waals surface area contributed by atoms with Crippen LogP contribution in [0.25, 0.3) is 0 Å². The molecule has 2 aliphatic heterocycles. The number of carbonyl (C=O) groups excluding carboxylic acids is 1. The Hall–Kier alpha value is -1.70. The molecule has 2 aromatic rings. The average Bonchev–Trinajstić information content (AvgIpc) is 3.20. The van der Waals surface area contributed by atoms with Gasteiger partial charge in [-0.1, -0.05) is 0 Å². The fourth-order valence-corrected chi connectivity index (χ4v) is 4.75. The van der Waals surface area contributed by atoms with E-state index in [0.29, 0.717) is 12.3 Å². The highest BCUT2D eigenvalue weighted by molar-refractivity contribution is 7.09. The summed E-state index contributed by atoms with van der Waals surface area (Å²) in [5, 5.41) is 3.26. The highest BCUT2D eigenvalue weighted by Gasteiger charge is 2.39. The van der Waals surface area contributed by atoms with Crippen LogP contribution in [0.4, 0.5) is 0 Å². The van der Waals surface area contributed by atoms with Crippen molar-refractivity contribution in [1.29, 1.82) is 0 Å². The molecule has 4 heterocycles. The average molecular weight is 390 g/mol. The lowest BCUT2D eigenvalue weighted by atomic mass is 9.92. The summed E-state index contributed by atoms with van der Waals surface area (Å²) in [5.41, 5.74) is 0.991. The minimum Gasteiger partial charge on any atom is -0.456 e. The number of carbonyl (C=O) groups is 1. The number of morpholine rings is 1. The molecule has 0 saturated carbocycles. The molecule has 0 aliphatic carbocycles. The normalized spacial score (nSPS) is 24.3. The lowest BCUT2D eigenvalue weighted by Gasteiger charge is -2.42. The molecule has 2 saturated heterocycles. The first-order valence-electron chi connectivity index (χ1n) is 9.66. The van der Waals surface area contributed by atoms with E-state index in [2.05, 4.69) is 15.3 Å². The molecule has 2 aromatic heterocycles. The summed E-state index contributed by atoms with van der Waals surface area (Å²) >= 11 is 1.70. The summed E-state index contributed by atoms with van der Waals surface area (Å²) in [5.74, 6) is 1.20. The topological polar surface area (TPSA) is 58.8 Å². The van der Waals surface area contributed by atoms with Crippen molar-refractivity contribution < 1.29 is 13.9 Å². The third-order valence-electron chi connectivity index (χ3n) is 5.52. The van der Waals surface area contributed by atoms with Crippen LogP contribution in [0, 0.1) is 13.8 Å². The molecule has 0 N–H and O–H groups in total. The van der Waals surface area contributed by atoms with E-state index in [1.165, 1.54) is 0 Å². The number of amides is 1. The molecule has 27 heavy (non-hydrogen) atoms. The van der Waals surface area contributed by atoms with Gasteiger partial charge in [-0.25, -0.2) is 4.98 Å². The summed E-state index contributed by atoms with van der Waals surface area (Å²) in [4.78, 5) is 21.7. The van der Waals surface area contributed by atoms with E-state index in [4.69, 9.17) is 9.15 Å². The number of aromatic nitrogens is 1. The Morgan fingerprint density at radius 3 is 2.89 bits per heavy atom. The molecule has 2 aliphatic rings. The van der Waals surface area contributed by atoms with Gasteiger partial charge in [0, 0.05) is 38.1 Å². The van der Waals surface area contributed by atoms with Gasteiger partial charge in [-0.05, 0) is 45.2 Å². The van der Waals surface area contributed by atoms with Crippen LogP contribution in [0.1, 0.15) is 46.3 Å². The number of hydrogen-bond donors (Lipinski definition) is 0. The largest absolute Gasteiger partial charge is 0.456 e. The monoisotopic (exact) mass is 389 g/mol. The SMILES string of the molecule is Cc1ccc(C(=O)N2CCCC3(CC2)CN(Cc2csc(C)n2)CCO3)o1. The third kappa shape index (κ3) is 4.25. The molecular weight excluding hydrogens is 362 g/mol. The van der Waals surface area contributed by atoms with E-state index in [0.717, 1.165) is 68.5 Å². The second kappa shape index (κ2) is 7.73. The van der Waals surface area contributed by atoms with Crippen molar-refractivity contribution >= 4 is 17.2 Å². The van der Waals surface area contributed by atoms with E-state index in [-0.39, 0.29) is 11.5 Å². The quantitative estimate of drug-likeness (QED) is 0.806. The first kappa shape index (κ1) is 18.7. The van der Waals surface area contributed by atoms with E-state index < -0.39 is 0 Å². The van der Waals surface area contributed by atoms with Crippen molar-refractivity contribution in [1.82, 2.24) is 14.8 Å². The van der Waals surface area contributed by atoms with Crippen LogP contribution in [-0.2, 0) is 11.3 Å². The number of thiazole rings is 1. The Morgan fingerprint density at radius 1 is 1.26 bits per heavy atom. The van der Waals surface area contributed by atoms with Gasteiger partial charge in [0.15, 0.2) is 5.76 Å². The number of hydrogen-bond acceptors (Lipinski definition) is 6. The van der Waals surface area contributed by atoms with Crippen molar-refractivity contribution in [3.8, 4) is 0 Å². The van der Waals surface area contributed by atoms with Crippen LogP contribution in [0.15, 0.2) is 21.9 Å². The molecule has 1 unspecified atom stereocenters. The summed E-state index contributed by atoms with van der Waals surface area (Å²) in [6, 6.07) is 3.61. The van der Waals surface area contributed by atoms with E-state index in [1.807, 2.05) is 24.8 Å². The maximum Gasteiger partial charge on any atom is 0.289 e. The lowest BCUT2D eigenvalue weighted by Crippen LogP contribution is -2.52. The first-order chi connectivity index (χ1) is 13.0. The highest BCUT2D eigenvalue weighted by atomic mass is 32.1. The number of ether oxygens (including phenoxy) is 1. The number of furan rings is 1. The molecule has 6 nitrogen and oxygen atoms in total. The van der Waals surface area contributed by atoms with Gasteiger partial charge in [0.05, 0.1) is 22.9 Å². The maximum atomic E-state index is 12.7. The molecule has 0 radical (unpaired) electrons. The van der Waals surface area contributed by atoms with Crippen LogP contribution < -0.4 is 0 Å². The molecule has 4 rings (SSSR count). The van der Waals surface area contributed by atoms with Crippen molar-refractivity contribution in [2.45, 2.75) is 45.3 Å². The van der Waals surface area contributed by atoms with E-state index >= 15 is 0 Å². The summed E-state index contributed by atoms with van der Waals surface area (Å²) in [6.07, 6.45) is 2.81. The maximum absolute atomic E-state index is 12.7. The van der Waals surface area contributed by atoms with E-state index in [9.17, 15) is 4.79 Å². The molecule has 146 valence electrons. The molecule has 1 amide bonds. The predicted molar refractivity (Wildman–Crippen MR) is 104 cm³/mol. The second-order valence-electron chi connectivity index (χ2n) is 7.66. The number of nitrogens with zero attached hydrogens (tertiary/aromatic N) is 3. The van der Waals surface area contributed by atoms with Gasteiger partial charge in [-0.3, -0.25) is 9.69 Å². The number of rotatable bonds is 3. The van der Waals surface area contributed by atoms with Gasteiger partial charge in [0.25, 0.3) is 5.91 Å². The second-order valence-corrected chi connectivity index (χ2v) is 8.72. The Labute approximate surface area is 164 Å². The fraction of sp³-hybridized carbons (Fsp3) is 0.600. The van der Waals surface area contributed by atoms with Crippen LogP contribution in [0.2, 0.25) is 0 Å². The van der Waals surface area contributed by atoms with Crippen molar-refractivity contribution in [3.05, 3.63) is 39.7 Å². The van der Waals surface area contributed by atoms with Crippen LogP contribution in [0.5, 0.6) is 0 Å². The Morgan fingerprint density at radius 2 is 2.15 bits per heavy atom. The van der Waals surface area contributed by atoms with Crippen LogP contribution >= 0.6 is 11.3 Å². The molecule has 7 heteroatoms. The van der Waals surface area contributed by atoms with Crippen LogP contribution in [-0.4, -0.2) is 59.1 Å². The fourth-order valence-electron chi connectivity index (χ4n) is 4.15. The first-order valence-corrected chi connectivity index (χ1v) is 10.5. The summed E-state index contributed by atoms with van der Waals surface area (Å²) < 4.78 is 11.8. The molecular formula is C20H27N3O3S. The highest BCUT2D eigenvalue weighted by Crippen LogP contribution is 2.31. The summed E-state index contributed by atoms with van der Waals surface area (Å²) in [6.45, 7) is 8.85. The molecule has 1 atom stereocenters. The van der Waals surface area contributed by atoms with Gasteiger partial charge in [-0.2, -0.15) is 0 Å². The predicted octanol–water partition coefficient (Wildman–Crippen LogP) is 3.25. The van der Waals surface area contributed by atoms with Crippen LogP contribution in [0.3, 0.4) is 0 Å². The minimum atomic E-state index is -0.155. The van der Waals surface area contributed by atoms with Gasteiger partial charge < -0.3 is 14.1 Å². The van der Waals surface area contributed by atoms with Gasteiger partial charge >= 0.3 is 0 Å². The summed E-state index contributed by atoms with van der Waals surface area (Å²) in [7, 11) is 0. The zero-order chi connectivity index (χ0) is 18.9. The smallest absolute Gasteiger partial charge is 0.289 e. The molecule has 2 fully saturated rings. The lowest BCUT2D eigenvalue weighted by molar-refractivity contribution is -0.118. The molecule has 0 aromatic carbocycles. The van der Waals surface area contributed by atoms with E-state index in [1.54, 1.807) is 17.4 Å². The molecule has 1 spiro atoms. The number of aryl methyl sites for hydroxylation is 2. The standard InChI is InChI=1S/C20H27N3O3S/c1-15-4-5-18(26-15)19(24)23-8-3-6-20(7-9-23)14-22(10-11-25-20)12-17-13-27-16(2)21-17/h4-5,13H,3,6-12,14H2,1-2H3. The Balaban J connectivity index is 1.39. The van der Waals surface area contributed by atoms with Gasteiger partial charge in [-0.15, -0.1) is 11.3 Å². The zero-order valence-electron chi connectivity index (χ0n) is 16.1. The van der Waals surface area contributed by atoms with Gasteiger partial charge in [0.2, 0.25) is 0 Å². The van der Waals surface area contributed by atoms with Crippen molar-refractivity contribution in [2.24, 2.45) is 0 Å². The van der Waals surface area contributed by atoms with Crippen molar-refractivity contribution in [2.75, 3.05) is 32.8 Å².